The molecule has 0 aliphatic rings. The number of aromatic nitrogens is 3. The maximum Gasteiger partial charge on any atom is 0.132 e. The SMILES string of the molecule is C[C@H](CCl)COc1ccc(C(C)(C)c2ccc(OC[C@@H](O)Cn3nncc3CO)cc2)cc1I. The van der Waals surface area contributed by atoms with Gasteiger partial charge in [-0.15, -0.1) is 16.7 Å². The minimum absolute atomic E-state index is 0.107. The van der Waals surface area contributed by atoms with Gasteiger partial charge < -0.3 is 19.7 Å². The number of aliphatic hydroxyl groups excluding tert-OH is 2. The zero-order chi connectivity index (χ0) is 24.7. The van der Waals surface area contributed by atoms with Crippen molar-refractivity contribution >= 4 is 34.2 Å². The fourth-order valence-corrected chi connectivity index (χ4v) is 4.18. The van der Waals surface area contributed by atoms with Crippen molar-refractivity contribution in [2.24, 2.45) is 5.92 Å². The Morgan fingerprint density at radius 2 is 1.79 bits per heavy atom. The largest absolute Gasteiger partial charge is 0.492 e. The van der Waals surface area contributed by atoms with Crippen LogP contribution in [0.15, 0.2) is 48.7 Å². The third-order valence-corrected chi connectivity index (χ3v) is 7.07. The molecule has 0 saturated heterocycles. The number of halogens is 2. The van der Waals surface area contributed by atoms with Gasteiger partial charge in [-0.25, -0.2) is 4.68 Å². The van der Waals surface area contributed by atoms with E-state index in [1.807, 2.05) is 30.3 Å². The number of alkyl halides is 1. The minimum atomic E-state index is -0.779. The Morgan fingerprint density at radius 1 is 1.09 bits per heavy atom. The number of nitrogens with zero attached hydrogens (tertiary/aromatic N) is 3. The first-order valence-electron chi connectivity index (χ1n) is 11.1. The number of aliphatic hydroxyl groups is 2. The molecule has 0 saturated carbocycles. The summed E-state index contributed by atoms with van der Waals surface area (Å²) in [6.45, 7) is 7.16. The summed E-state index contributed by atoms with van der Waals surface area (Å²) in [5.41, 5.74) is 2.67. The average Bonchev–Trinajstić information content (AvgIpc) is 3.28. The normalized spacial score (nSPS) is 13.5. The molecule has 2 N–H and O–H groups in total. The van der Waals surface area contributed by atoms with Crippen LogP contribution in [0, 0.1) is 9.49 Å². The van der Waals surface area contributed by atoms with Crippen LogP contribution in [0.3, 0.4) is 0 Å². The van der Waals surface area contributed by atoms with Gasteiger partial charge in [0.1, 0.15) is 24.2 Å². The van der Waals surface area contributed by atoms with E-state index in [-0.39, 0.29) is 25.2 Å². The van der Waals surface area contributed by atoms with Crippen LogP contribution in [-0.4, -0.2) is 50.4 Å². The molecular formula is C25H31ClIN3O4. The van der Waals surface area contributed by atoms with Crippen molar-refractivity contribution in [3.8, 4) is 11.5 Å². The van der Waals surface area contributed by atoms with Crippen LogP contribution in [0.4, 0.5) is 0 Å². The summed E-state index contributed by atoms with van der Waals surface area (Å²) >= 11 is 8.19. The van der Waals surface area contributed by atoms with Crippen LogP contribution in [0.5, 0.6) is 11.5 Å². The molecule has 34 heavy (non-hydrogen) atoms. The molecule has 3 aromatic rings. The predicted octanol–water partition coefficient (Wildman–Crippen LogP) is 4.39. The molecule has 1 heterocycles. The lowest BCUT2D eigenvalue weighted by atomic mass is 9.78. The van der Waals surface area contributed by atoms with Crippen molar-refractivity contribution < 1.29 is 19.7 Å². The smallest absolute Gasteiger partial charge is 0.132 e. The van der Waals surface area contributed by atoms with E-state index in [0.717, 1.165) is 14.9 Å². The van der Waals surface area contributed by atoms with Crippen molar-refractivity contribution in [3.05, 3.63) is 69.1 Å². The summed E-state index contributed by atoms with van der Waals surface area (Å²) in [6.07, 6.45) is 0.691. The highest BCUT2D eigenvalue weighted by molar-refractivity contribution is 14.1. The molecule has 2 aromatic carbocycles. The van der Waals surface area contributed by atoms with Gasteiger partial charge in [-0.05, 0) is 58.0 Å². The van der Waals surface area contributed by atoms with Crippen molar-refractivity contribution in [2.75, 3.05) is 19.1 Å². The van der Waals surface area contributed by atoms with Gasteiger partial charge in [-0.2, -0.15) is 0 Å². The number of ether oxygens (including phenoxy) is 2. The number of hydrogen-bond donors (Lipinski definition) is 2. The van der Waals surface area contributed by atoms with Gasteiger partial charge >= 0.3 is 0 Å². The molecule has 0 spiro atoms. The topological polar surface area (TPSA) is 89.6 Å². The molecule has 7 nitrogen and oxygen atoms in total. The van der Waals surface area contributed by atoms with Crippen LogP contribution in [0.2, 0.25) is 0 Å². The molecule has 9 heteroatoms. The number of benzene rings is 2. The molecule has 0 radical (unpaired) electrons. The fraction of sp³-hybridized carbons (Fsp3) is 0.440. The van der Waals surface area contributed by atoms with Crippen molar-refractivity contribution in [1.82, 2.24) is 15.0 Å². The van der Waals surface area contributed by atoms with Crippen molar-refractivity contribution in [1.29, 1.82) is 0 Å². The second kappa shape index (κ2) is 12.2. The maximum atomic E-state index is 10.3. The van der Waals surface area contributed by atoms with Crippen molar-refractivity contribution in [3.63, 3.8) is 0 Å². The average molecular weight is 600 g/mol. The van der Waals surface area contributed by atoms with Gasteiger partial charge in [0, 0.05) is 17.2 Å². The van der Waals surface area contributed by atoms with Crippen LogP contribution in [-0.2, 0) is 18.6 Å². The van der Waals surface area contributed by atoms with E-state index < -0.39 is 6.10 Å². The monoisotopic (exact) mass is 599 g/mol. The molecule has 0 bridgehead atoms. The summed E-state index contributed by atoms with van der Waals surface area (Å²) < 4.78 is 14.2. The lowest BCUT2D eigenvalue weighted by molar-refractivity contribution is 0.0866. The van der Waals surface area contributed by atoms with Gasteiger partial charge in [0.15, 0.2) is 0 Å². The molecule has 0 aliphatic carbocycles. The molecule has 0 aliphatic heterocycles. The van der Waals surface area contributed by atoms with E-state index in [1.54, 1.807) is 0 Å². The van der Waals surface area contributed by atoms with Gasteiger partial charge in [-0.3, -0.25) is 0 Å². The Labute approximate surface area is 219 Å². The van der Waals surface area contributed by atoms with E-state index >= 15 is 0 Å². The Morgan fingerprint density at radius 3 is 2.44 bits per heavy atom. The second-order valence-corrected chi connectivity index (χ2v) is 10.4. The molecule has 0 fully saturated rings. The summed E-state index contributed by atoms with van der Waals surface area (Å²) in [6, 6.07) is 14.2. The zero-order valence-electron chi connectivity index (χ0n) is 19.6. The lowest BCUT2D eigenvalue weighted by Crippen LogP contribution is -2.25. The Bertz CT molecular complexity index is 1060. The van der Waals surface area contributed by atoms with Gasteiger partial charge in [-0.1, -0.05) is 44.2 Å². The van der Waals surface area contributed by atoms with Gasteiger partial charge in [0.25, 0.3) is 0 Å². The van der Waals surface area contributed by atoms with Crippen LogP contribution in [0.25, 0.3) is 0 Å². The van der Waals surface area contributed by atoms with Gasteiger partial charge in [0.05, 0.1) is 35.2 Å². The number of rotatable bonds is 12. The number of hydrogen-bond acceptors (Lipinski definition) is 6. The highest BCUT2D eigenvalue weighted by Gasteiger charge is 2.24. The summed E-state index contributed by atoms with van der Waals surface area (Å²) in [5.74, 6) is 2.42. The predicted molar refractivity (Wildman–Crippen MR) is 141 cm³/mol. The van der Waals surface area contributed by atoms with E-state index in [4.69, 9.17) is 21.1 Å². The Balaban J connectivity index is 1.61. The summed E-state index contributed by atoms with van der Waals surface area (Å²) in [7, 11) is 0. The Hall–Kier alpha value is -1.88. The Kier molecular flexibility index (Phi) is 9.58. The fourth-order valence-electron chi connectivity index (χ4n) is 3.42. The van der Waals surface area contributed by atoms with E-state index in [9.17, 15) is 10.2 Å². The minimum Gasteiger partial charge on any atom is -0.492 e. The zero-order valence-corrected chi connectivity index (χ0v) is 22.5. The van der Waals surface area contributed by atoms with Crippen LogP contribution < -0.4 is 9.47 Å². The molecule has 2 atom stereocenters. The van der Waals surface area contributed by atoms with Crippen molar-refractivity contribution in [2.45, 2.75) is 45.4 Å². The first-order chi connectivity index (χ1) is 16.2. The summed E-state index contributed by atoms with van der Waals surface area (Å²) in [5, 5.41) is 27.1. The first-order valence-corrected chi connectivity index (χ1v) is 12.7. The van der Waals surface area contributed by atoms with Crippen LogP contribution in [0.1, 0.15) is 37.6 Å². The maximum absolute atomic E-state index is 10.3. The molecule has 1 aromatic heterocycles. The van der Waals surface area contributed by atoms with E-state index in [0.29, 0.717) is 29.8 Å². The second-order valence-electron chi connectivity index (χ2n) is 8.90. The lowest BCUT2D eigenvalue weighted by Gasteiger charge is -2.27. The standard InChI is InChI=1S/C25H31ClIN3O4/c1-17(11-26)15-34-24-9-6-19(10-23(24)27)25(2,3)18-4-7-22(8-5-18)33-16-21(32)13-30-20(14-31)12-28-29-30/h4-10,12,17,21,31-32H,11,13-16H2,1-3H3/t17-,21+/m1/s1. The van der Waals surface area contributed by atoms with Crippen LogP contribution >= 0.6 is 34.2 Å². The molecule has 3 rings (SSSR count). The third kappa shape index (κ3) is 6.84. The summed E-state index contributed by atoms with van der Waals surface area (Å²) in [4.78, 5) is 0. The quantitative estimate of drug-likeness (QED) is 0.237. The third-order valence-electron chi connectivity index (χ3n) is 5.70. The first kappa shape index (κ1) is 26.7. The molecule has 184 valence electrons. The van der Waals surface area contributed by atoms with E-state index in [2.05, 4.69) is 65.8 Å². The van der Waals surface area contributed by atoms with E-state index in [1.165, 1.54) is 16.4 Å². The molecule has 0 amide bonds. The molecular weight excluding hydrogens is 569 g/mol. The molecule has 0 unspecified atom stereocenters. The van der Waals surface area contributed by atoms with Gasteiger partial charge in [0.2, 0.25) is 0 Å². The highest BCUT2D eigenvalue weighted by Crippen LogP contribution is 2.35. The highest BCUT2D eigenvalue weighted by atomic mass is 127.